The summed E-state index contributed by atoms with van der Waals surface area (Å²) in [6.07, 6.45) is 1.45. The van der Waals surface area contributed by atoms with Gasteiger partial charge in [0.15, 0.2) is 0 Å². The zero-order valence-electron chi connectivity index (χ0n) is 9.16. The molecular formula is C10H11N3O4. The molecule has 1 fully saturated rings. The molecule has 1 aliphatic heterocycles. The number of carboxylic acid groups (broad SMARTS) is 1. The molecule has 1 aromatic heterocycles. The number of anilines is 1. The lowest BCUT2D eigenvalue weighted by molar-refractivity contribution is -0.142. The fraction of sp³-hybridized carbons (Fsp3) is 0.400. The molecule has 1 N–H and O–H groups in total. The summed E-state index contributed by atoms with van der Waals surface area (Å²) in [5, 5.41) is 8.75. The van der Waals surface area contributed by atoms with Crippen LogP contribution in [0.15, 0.2) is 12.3 Å². The molecule has 0 bridgehead atoms. The van der Waals surface area contributed by atoms with Crippen LogP contribution in [0.1, 0.15) is 10.6 Å². The predicted molar refractivity (Wildman–Crippen MR) is 56.7 cm³/mol. The van der Waals surface area contributed by atoms with Gasteiger partial charge in [0.25, 0.3) is 0 Å². The van der Waals surface area contributed by atoms with Gasteiger partial charge in [-0.05, 0) is 6.07 Å². The van der Waals surface area contributed by atoms with Gasteiger partial charge in [-0.3, -0.25) is 4.79 Å². The number of methoxy groups -OCH3 is 1. The number of aliphatic carboxylic acids is 1. The highest BCUT2D eigenvalue weighted by atomic mass is 16.5. The van der Waals surface area contributed by atoms with Crippen molar-refractivity contribution in [3.05, 3.63) is 18.1 Å². The smallest absolute Gasteiger partial charge is 0.376 e. The van der Waals surface area contributed by atoms with Crippen molar-refractivity contribution in [1.82, 2.24) is 9.97 Å². The average Bonchev–Trinajstić information content (AvgIpc) is 2.26. The highest BCUT2D eigenvalue weighted by Crippen LogP contribution is 2.22. The Morgan fingerprint density at radius 1 is 1.53 bits per heavy atom. The molecule has 0 atom stereocenters. The van der Waals surface area contributed by atoms with Gasteiger partial charge in [0.05, 0.1) is 13.0 Å². The molecule has 90 valence electrons. The third-order valence-electron chi connectivity index (χ3n) is 2.56. The van der Waals surface area contributed by atoms with Crippen molar-refractivity contribution in [2.24, 2.45) is 5.92 Å². The Morgan fingerprint density at radius 3 is 2.82 bits per heavy atom. The third kappa shape index (κ3) is 2.17. The fourth-order valence-corrected chi connectivity index (χ4v) is 1.54. The third-order valence-corrected chi connectivity index (χ3v) is 2.56. The van der Waals surface area contributed by atoms with Crippen LogP contribution in [0.4, 0.5) is 5.82 Å². The van der Waals surface area contributed by atoms with Gasteiger partial charge in [0, 0.05) is 19.3 Å². The van der Waals surface area contributed by atoms with Crippen molar-refractivity contribution in [3.63, 3.8) is 0 Å². The number of carbonyl (C=O) groups is 2. The van der Waals surface area contributed by atoms with Gasteiger partial charge in [-0.2, -0.15) is 0 Å². The van der Waals surface area contributed by atoms with Crippen LogP contribution >= 0.6 is 0 Å². The van der Waals surface area contributed by atoms with E-state index in [0.717, 1.165) is 0 Å². The van der Waals surface area contributed by atoms with E-state index < -0.39 is 11.9 Å². The minimum Gasteiger partial charge on any atom is -0.481 e. The Balaban J connectivity index is 2.08. The van der Waals surface area contributed by atoms with Crippen LogP contribution < -0.4 is 4.90 Å². The number of hydrogen-bond acceptors (Lipinski definition) is 6. The monoisotopic (exact) mass is 237 g/mol. The van der Waals surface area contributed by atoms with E-state index in [2.05, 4.69) is 14.7 Å². The van der Waals surface area contributed by atoms with Gasteiger partial charge < -0.3 is 14.7 Å². The van der Waals surface area contributed by atoms with Gasteiger partial charge in [0.1, 0.15) is 5.82 Å². The molecular weight excluding hydrogens is 226 g/mol. The van der Waals surface area contributed by atoms with Crippen LogP contribution in [0.5, 0.6) is 0 Å². The summed E-state index contributed by atoms with van der Waals surface area (Å²) in [6.45, 7) is 0.792. The minimum atomic E-state index is -0.816. The number of rotatable bonds is 3. The van der Waals surface area contributed by atoms with Crippen LogP contribution in [-0.2, 0) is 9.53 Å². The zero-order valence-corrected chi connectivity index (χ0v) is 9.16. The molecule has 1 aliphatic rings. The van der Waals surface area contributed by atoms with Gasteiger partial charge >= 0.3 is 11.9 Å². The van der Waals surface area contributed by atoms with E-state index in [1.54, 1.807) is 11.0 Å². The Bertz CT molecular complexity index is 457. The molecule has 17 heavy (non-hydrogen) atoms. The van der Waals surface area contributed by atoms with E-state index >= 15 is 0 Å². The maximum atomic E-state index is 11.2. The van der Waals surface area contributed by atoms with E-state index in [9.17, 15) is 9.59 Å². The zero-order chi connectivity index (χ0) is 12.4. The molecule has 1 saturated heterocycles. The highest BCUT2D eigenvalue weighted by molar-refractivity contribution is 5.85. The first-order valence-electron chi connectivity index (χ1n) is 5.01. The Morgan fingerprint density at radius 2 is 2.24 bits per heavy atom. The molecule has 7 heteroatoms. The summed E-state index contributed by atoms with van der Waals surface area (Å²) < 4.78 is 4.51. The van der Waals surface area contributed by atoms with Gasteiger partial charge in [-0.15, -0.1) is 0 Å². The first-order chi connectivity index (χ1) is 8.11. The lowest BCUT2D eigenvalue weighted by Crippen LogP contribution is -2.50. The van der Waals surface area contributed by atoms with Crippen molar-refractivity contribution in [2.75, 3.05) is 25.1 Å². The second kappa shape index (κ2) is 4.36. The molecule has 1 aromatic rings. The van der Waals surface area contributed by atoms with Gasteiger partial charge in [-0.25, -0.2) is 14.8 Å². The quantitative estimate of drug-likeness (QED) is 0.726. The van der Waals surface area contributed by atoms with Crippen LogP contribution in [0.25, 0.3) is 0 Å². The lowest BCUT2D eigenvalue weighted by atomic mass is 10.0. The number of aromatic nitrogens is 2. The summed E-state index contributed by atoms with van der Waals surface area (Å²) in [5.41, 5.74) is 0. The normalized spacial score (nSPS) is 15.2. The number of hydrogen-bond donors (Lipinski definition) is 1. The standard InChI is InChI=1S/C10H11N3O4/c1-17-10(16)8-11-3-2-7(12-8)13-4-6(5-13)9(14)15/h2-3,6H,4-5H2,1H3,(H,14,15). The van der Waals surface area contributed by atoms with E-state index in [4.69, 9.17) is 5.11 Å². The van der Waals surface area contributed by atoms with E-state index in [1.165, 1.54) is 13.3 Å². The Kier molecular flexibility index (Phi) is 2.90. The van der Waals surface area contributed by atoms with Crippen LogP contribution in [0.2, 0.25) is 0 Å². The second-order valence-electron chi connectivity index (χ2n) is 3.67. The maximum absolute atomic E-state index is 11.2. The van der Waals surface area contributed by atoms with Crippen LogP contribution in [0, 0.1) is 5.92 Å². The van der Waals surface area contributed by atoms with Gasteiger partial charge in [-0.1, -0.05) is 0 Å². The summed E-state index contributed by atoms with van der Waals surface area (Å²) in [5.74, 6) is -1.28. The maximum Gasteiger partial charge on any atom is 0.376 e. The lowest BCUT2D eigenvalue weighted by Gasteiger charge is -2.37. The molecule has 0 aliphatic carbocycles. The number of carbonyl (C=O) groups excluding carboxylic acids is 1. The molecule has 0 aromatic carbocycles. The van der Waals surface area contributed by atoms with Crippen molar-refractivity contribution in [2.45, 2.75) is 0 Å². The van der Waals surface area contributed by atoms with E-state index in [0.29, 0.717) is 18.9 Å². The van der Waals surface area contributed by atoms with Crippen molar-refractivity contribution in [3.8, 4) is 0 Å². The molecule has 0 spiro atoms. The summed E-state index contributed by atoms with van der Waals surface area (Å²) >= 11 is 0. The largest absolute Gasteiger partial charge is 0.481 e. The number of nitrogens with zero attached hydrogens (tertiary/aromatic N) is 3. The van der Waals surface area contributed by atoms with Crippen LogP contribution in [0.3, 0.4) is 0 Å². The van der Waals surface area contributed by atoms with E-state index in [1.807, 2.05) is 0 Å². The van der Waals surface area contributed by atoms with E-state index in [-0.39, 0.29) is 11.7 Å². The molecule has 7 nitrogen and oxygen atoms in total. The molecule has 0 unspecified atom stereocenters. The fourth-order valence-electron chi connectivity index (χ4n) is 1.54. The van der Waals surface area contributed by atoms with Crippen molar-refractivity contribution in [1.29, 1.82) is 0 Å². The Hall–Kier alpha value is -2.18. The first-order valence-corrected chi connectivity index (χ1v) is 5.01. The predicted octanol–water partition coefficient (Wildman–Crippen LogP) is -0.216. The van der Waals surface area contributed by atoms with Crippen molar-refractivity contribution < 1.29 is 19.4 Å². The summed E-state index contributed by atoms with van der Waals surface area (Å²) in [7, 11) is 1.25. The van der Waals surface area contributed by atoms with Crippen LogP contribution in [-0.4, -0.2) is 47.2 Å². The number of ether oxygens (including phenoxy) is 1. The number of esters is 1. The second-order valence-corrected chi connectivity index (χ2v) is 3.67. The summed E-state index contributed by atoms with van der Waals surface area (Å²) in [4.78, 5) is 31.4. The topological polar surface area (TPSA) is 92.6 Å². The van der Waals surface area contributed by atoms with Gasteiger partial charge in [0.2, 0.25) is 5.82 Å². The molecule has 2 heterocycles. The van der Waals surface area contributed by atoms with Crippen molar-refractivity contribution >= 4 is 17.8 Å². The molecule has 0 saturated carbocycles. The number of carboxylic acids is 1. The Labute approximate surface area is 97.0 Å². The minimum absolute atomic E-state index is 0.0243. The average molecular weight is 237 g/mol. The molecule has 0 amide bonds. The summed E-state index contributed by atoms with van der Waals surface area (Å²) in [6, 6.07) is 1.63. The molecule has 0 radical (unpaired) electrons. The SMILES string of the molecule is COC(=O)c1nccc(N2CC(C(=O)O)C2)n1. The molecule has 2 rings (SSSR count). The highest BCUT2D eigenvalue weighted by Gasteiger charge is 2.33. The first kappa shape index (κ1) is 11.3.